The second-order valence-electron chi connectivity index (χ2n) is 9.67. The lowest BCUT2D eigenvalue weighted by molar-refractivity contribution is -0.109. The summed E-state index contributed by atoms with van der Waals surface area (Å²) >= 11 is 6.18. The van der Waals surface area contributed by atoms with E-state index in [0.29, 0.717) is 11.2 Å². The molecule has 17 nitrogen and oxygen atoms in total. The molecule has 3 aromatic heterocycles. The Morgan fingerprint density at radius 2 is 2.00 bits per heavy atom. The Hall–Kier alpha value is -2.34. The largest absolute Gasteiger partial charge is 0.393 e. The molecule has 1 aliphatic carbocycles. The molecule has 2 unspecified atom stereocenters. The molecule has 2 aliphatic rings. The summed E-state index contributed by atoms with van der Waals surface area (Å²) in [5, 5.41) is 48.3. The van der Waals surface area contributed by atoms with Crippen molar-refractivity contribution in [3.8, 4) is 0 Å². The zero-order valence-electron chi connectivity index (χ0n) is 20.8. The van der Waals surface area contributed by atoms with Gasteiger partial charge in [0.25, 0.3) is 0 Å². The Bertz CT molecular complexity index is 1360. The van der Waals surface area contributed by atoms with Gasteiger partial charge in [-0.05, 0) is 29.7 Å². The first kappa shape index (κ1) is 28.2. The number of hydrogen-bond acceptors (Lipinski definition) is 13. The summed E-state index contributed by atoms with van der Waals surface area (Å²) in [6.07, 6.45) is -0.429. The van der Waals surface area contributed by atoms with Crippen LogP contribution in [0.4, 0.5) is 5.82 Å². The van der Waals surface area contributed by atoms with Crippen LogP contribution in [0.3, 0.4) is 0 Å². The van der Waals surface area contributed by atoms with Gasteiger partial charge in [0.05, 0.1) is 38.3 Å². The molecule has 0 aromatic carbocycles. The summed E-state index contributed by atoms with van der Waals surface area (Å²) < 4.78 is 25.0. The number of aryl methyl sites for hydroxylation is 1. The third kappa shape index (κ3) is 5.51. The first-order chi connectivity index (χ1) is 18.5. The number of fused-ring (bicyclic) bond motifs is 1. The van der Waals surface area contributed by atoms with Crippen LogP contribution in [0.1, 0.15) is 37.7 Å². The standard InChI is InChI=1S/C20H29ClN9O8P/c1-29-27-13(26-28-29)6-20(9-31,39(34,35)36)37-8-12-14(32)15(33)18(38-12)30-17-11(7-22-30)16(24-19(21)25-17)23-10-4-2-3-5-10/h7,10,12,14-15,18,31-33H,2-6,8-9H2,1H3,(H,23,24,25)(H2,34,35,36)/t12?,14-,15-,18-,20?/m1/s1. The van der Waals surface area contributed by atoms with Gasteiger partial charge in [-0.15, -0.1) is 10.2 Å². The first-order valence-corrected chi connectivity index (χ1v) is 14.2. The number of aliphatic hydroxyl groups is 3. The Balaban J connectivity index is 1.36. The second-order valence-corrected chi connectivity index (χ2v) is 11.9. The highest BCUT2D eigenvalue weighted by molar-refractivity contribution is 7.53. The highest BCUT2D eigenvalue weighted by atomic mass is 35.5. The van der Waals surface area contributed by atoms with Crippen molar-refractivity contribution >= 4 is 36.0 Å². The van der Waals surface area contributed by atoms with Crippen LogP contribution >= 0.6 is 19.2 Å². The lowest BCUT2D eigenvalue weighted by Gasteiger charge is -2.32. The lowest BCUT2D eigenvalue weighted by Crippen LogP contribution is -2.43. The summed E-state index contributed by atoms with van der Waals surface area (Å²) in [5.74, 6) is 0.408. The maximum atomic E-state index is 12.4. The van der Waals surface area contributed by atoms with Crippen molar-refractivity contribution in [2.75, 3.05) is 18.5 Å². The van der Waals surface area contributed by atoms with E-state index in [2.05, 4.69) is 35.8 Å². The minimum atomic E-state index is -5.12. The van der Waals surface area contributed by atoms with E-state index in [1.807, 2.05) is 0 Å². The monoisotopic (exact) mass is 589 g/mol. The van der Waals surface area contributed by atoms with Crippen molar-refractivity contribution in [2.45, 2.75) is 68.0 Å². The van der Waals surface area contributed by atoms with Gasteiger partial charge >= 0.3 is 7.60 Å². The maximum absolute atomic E-state index is 12.4. The molecule has 1 saturated heterocycles. The Kier molecular flexibility index (Phi) is 7.89. The van der Waals surface area contributed by atoms with Crippen LogP contribution in [0.2, 0.25) is 5.28 Å². The molecule has 6 N–H and O–H groups in total. The fraction of sp³-hybridized carbons (Fsp3) is 0.700. The normalized spacial score (nSPS) is 25.9. The zero-order valence-corrected chi connectivity index (χ0v) is 22.4. The molecule has 1 aliphatic heterocycles. The predicted octanol–water partition coefficient (Wildman–Crippen LogP) is -0.897. The summed E-state index contributed by atoms with van der Waals surface area (Å²) in [6.45, 7) is -1.70. The van der Waals surface area contributed by atoms with Crippen LogP contribution in [0, 0.1) is 0 Å². The molecule has 39 heavy (non-hydrogen) atoms. The second kappa shape index (κ2) is 10.9. The molecular formula is C20H29ClN9O8P. The summed E-state index contributed by atoms with van der Waals surface area (Å²) in [4.78, 5) is 29.6. The van der Waals surface area contributed by atoms with Crippen molar-refractivity contribution < 1.29 is 39.1 Å². The summed E-state index contributed by atoms with van der Waals surface area (Å²) in [5.41, 5.74) is 0.252. The molecule has 5 atom stereocenters. The van der Waals surface area contributed by atoms with E-state index >= 15 is 0 Å². The average molecular weight is 590 g/mol. The van der Waals surface area contributed by atoms with Gasteiger partial charge in [0, 0.05) is 6.04 Å². The Morgan fingerprint density at radius 1 is 1.26 bits per heavy atom. The summed E-state index contributed by atoms with van der Waals surface area (Å²) in [7, 11) is -3.66. The van der Waals surface area contributed by atoms with Crippen LogP contribution < -0.4 is 5.32 Å². The minimum Gasteiger partial charge on any atom is -0.393 e. The molecule has 4 heterocycles. The van der Waals surface area contributed by atoms with E-state index in [0.717, 1.165) is 30.5 Å². The number of halogens is 1. The molecule has 0 spiro atoms. The molecular weight excluding hydrogens is 561 g/mol. The highest BCUT2D eigenvalue weighted by Crippen LogP contribution is 2.53. The van der Waals surface area contributed by atoms with E-state index in [4.69, 9.17) is 21.1 Å². The predicted molar refractivity (Wildman–Crippen MR) is 132 cm³/mol. The molecule has 19 heteroatoms. The van der Waals surface area contributed by atoms with Crippen LogP contribution in [0.5, 0.6) is 0 Å². The molecule has 214 valence electrons. The molecule has 5 rings (SSSR count). The first-order valence-electron chi connectivity index (χ1n) is 12.2. The minimum absolute atomic E-state index is 0.0512. The Morgan fingerprint density at radius 3 is 2.64 bits per heavy atom. The van der Waals surface area contributed by atoms with Crippen LogP contribution in [0.25, 0.3) is 11.0 Å². The molecule has 1 saturated carbocycles. The van der Waals surface area contributed by atoms with Crippen molar-refractivity contribution in [1.29, 1.82) is 0 Å². The maximum Gasteiger partial charge on any atom is 0.359 e. The number of hydrogen-bond donors (Lipinski definition) is 6. The number of nitrogens with zero attached hydrogens (tertiary/aromatic N) is 8. The van der Waals surface area contributed by atoms with E-state index in [9.17, 15) is 29.7 Å². The number of aliphatic hydroxyl groups excluding tert-OH is 3. The van der Waals surface area contributed by atoms with E-state index in [-0.39, 0.29) is 22.8 Å². The van der Waals surface area contributed by atoms with Gasteiger partial charge in [-0.3, -0.25) is 4.57 Å². The van der Waals surface area contributed by atoms with E-state index in [1.54, 1.807) is 0 Å². The third-order valence-corrected chi connectivity index (χ3v) is 8.64. The fourth-order valence-electron chi connectivity index (χ4n) is 4.84. The van der Waals surface area contributed by atoms with E-state index < -0.39 is 57.1 Å². The number of nitrogens with one attached hydrogen (secondary N) is 1. The van der Waals surface area contributed by atoms with Crippen LogP contribution in [0.15, 0.2) is 6.20 Å². The van der Waals surface area contributed by atoms with Gasteiger partial charge in [-0.2, -0.15) is 19.9 Å². The van der Waals surface area contributed by atoms with Crippen LogP contribution in [-0.4, -0.2) is 108 Å². The fourth-order valence-corrected chi connectivity index (χ4v) is 5.78. The lowest BCUT2D eigenvalue weighted by atomic mass is 10.1. The Labute approximate surface area is 226 Å². The van der Waals surface area contributed by atoms with Crippen molar-refractivity contribution in [2.24, 2.45) is 7.05 Å². The van der Waals surface area contributed by atoms with Gasteiger partial charge < -0.3 is 39.9 Å². The van der Waals surface area contributed by atoms with Gasteiger partial charge in [0.2, 0.25) is 5.28 Å². The molecule has 0 radical (unpaired) electrons. The number of anilines is 1. The topological polar surface area (TPSA) is 236 Å². The number of rotatable bonds is 10. The van der Waals surface area contributed by atoms with Crippen molar-refractivity contribution in [3.05, 3.63) is 17.3 Å². The van der Waals surface area contributed by atoms with Gasteiger partial charge in [-0.25, -0.2) is 4.68 Å². The molecule has 3 aromatic rings. The van der Waals surface area contributed by atoms with Gasteiger partial charge in [-0.1, -0.05) is 12.8 Å². The van der Waals surface area contributed by atoms with Gasteiger partial charge in [0.15, 0.2) is 23.0 Å². The smallest absolute Gasteiger partial charge is 0.359 e. The summed E-state index contributed by atoms with van der Waals surface area (Å²) in [6, 6.07) is 0.233. The molecule has 2 fully saturated rings. The molecule has 0 bridgehead atoms. The van der Waals surface area contributed by atoms with Gasteiger partial charge in [0.1, 0.15) is 24.1 Å². The van der Waals surface area contributed by atoms with Crippen LogP contribution in [-0.2, 0) is 27.5 Å². The molecule has 0 amide bonds. The quantitative estimate of drug-likeness (QED) is 0.124. The zero-order chi connectivity index (χ0) is 27.9. The average Bonchev–Trinajstić information content (AvgIpc) is 3.67. The highest BCUT2D eigenvalue weighted by Gasteiger charge is 2.52. The number of ether oxygens (including phenoxy) is 2. The SMILES string of the molecule is Cn1nnc(CC(CO)(OCC2O[C@@H](n3ncc4c(NC5CCCC5)nc(Cl)nc43)[C@H](O)[C@@H]2O)P(=O)(O)O)n1. The van der Waals surface area contributed by atoms with E-state index in [1.165, 1.54) is 17.9 Å². The number of aromatic nitrogens is 8. The third-order valence-electron chi connectivity index (χ3n) is 6.98. The number of tetrazole rings is 1. The van der Waals surface area contributed by atoms with Crippen molar-refractivity contribution in [3.63, 3.8) is 0 Å². The van der Waals surface area contributed by atoms with Crippen molar-refractivity contribution in [1.82, 2.24) is 40.0 Å².